The van der Waals surface area contributed by atoms with Gasteiger partial charge in [-0.3, -0.25) is 0 Å². The van der Waals surface area contributed by atoms with E-state index in [0.29, 0.717) is 37.5 Å². The molecule has 0 unspecified atom stereocenters. The Kier molecular flexibility index (Phi) is 5.93. The summed E-state index contributed by atoms with van der Waals surface area (Å²) in [6.45, 7) is 1.70. The first-order chi connectivity index (χ1) is 12.9. The van der Waals surface area contributed by atoms with Crippen LogP contribution >= 0.6 is 0 Å². The highest BCUT2D eigenvalue weighted by atomic mass is 32.2. The summed E-state index contributed by atoms with van der Waals surface area (Å²) in [5.41, 5.74) is 8.67. The van der Waals surface area contributed by atoms with Crippen LogP contribution in [0.15, 0.2) is 24.3 Å². The number of pyridine rings is 1. The number of anilines is 1. The van der Waals surface area contributed by atoms with Crippen LogP contribution < -0.4 is 10.5 Å². The van der Waals surface area contributed by atoms with Gasteiger partial charge in [0.1, 0.15) is 11.3 Å². The third-order valence-electron chi connectivity index (χ3n) is 4.39. The molecular formula is C18H25N5O3S. The van der Waals surface area contributed by atoms with Gasteiger partial charge in [0.25, 0.3) is 0 Å². The van der Waals surface area contributed by atoms with E-state index in [0.717, 1.165) is 35.1 Å². The predicted molar refractivity (Wildman–Crippen MR) is 107 cm³/mol. The molecule has 3 N–H and O–H groups in total. The molecule has 0 saturated carbocycles. The average Bonchev–Trinajstić information content (AvgIpc) is 2.98. The van der Waals surface area contributed by atoms with E-state index >= 15 is 0 Å². The van der Waals surface area contributed by atoms with Gasteiger partial charge in [-0.1, -0.05) is 18.2 Å². The molecule has 0 aliphatic heterocycles. The van der Waals surface area contributed by atoms with E-state index in [-0.39, 0.29) is 0 Å². The number of ether oxygens (including phenoxy) is 1. The molecule has 2 aromatic heterocycles. The number of aryl methyl sites for hydroxylation is 1. The third kappa shape index (κ3) is 4.55. The minimum absolute atomic E-state index is 0.417. The van der Waals surface area contributed by atoms with Crippen molar-refractivity contribution in [1.29, 1.82) is 0 Å². The number of unbranched alkanes of at least 4 members (excludes halogenated alkanes) is 1. The Labute approximate surface area is 158 Å². The van der Waals surface area contributed by atoms with Gasteiger partial charge in [0.2, 0.25) is 10.0 Å². The van der Waals surface area contributed by atoms with Crippen LogP contribution in [0.25, 0.3) is 21.9 Å². The van der Waals surface area contributed by atoms with E-state index in [1.807, 2.05) is 24.3 Å². The van der Waals surface area contributed by atoms with Gasteiger partial charge in [0.15, 0.2) is 5.82 Å². The van der Waals surface area contributed by atoms with Gasteiger partial charge in [0, 0.05) is 32.0 Å². The number of imidazole rings is 1. The summed E-state index contributed by atoms with van der Waals surface area (Å²) in [5.74, 6) is 1.31. The second-order valence-corrected chi connectivity index (χ2v) is 8.34. The Hall–Kier alpha value is -2.23. The summed E-state index contributed by atoms with van der Waals surface area (Å²) in [4.78, 5) is 9.19. The number of nitrogens with zero attached hydrogens (tertiary/aromatic N) is 3. The van der Waals surface area contributed by atoms with Crippen LogP contribution in [0.2, 0.25) is 0 Å². The molecule has 1 aromatic carbocycles. The van der Waals surface area contributed by atoms with Gasteiger partial charge >= 0.3 is 0 Å². The summed E-state index contributed by atoms with van der Waals surface area (Å²) in [6.07, 6.45) is 3.38. The number of para-hydroxylation sites is 1. The first-order valence-electron chi connectivity index (χ1n) is 8.87. The first-order valence-corrected chi connectivity index (χ1v) is 10.8. The lowest BCUT2D eigenvalue weighted by atomic mass is 10.2. The van der Waals surface area contributed by atoms with Crippen LogP contribution in [0.4, 0.5) is 5.82 Å². The van der Waals surface area contributed by atoms with Gasteiger partial charge in [-0.15, -0.1) is 0 Å². The molecule has 8 nitrogen and oxygen atoms in total. The summed E-state index contributed by atoms with van der Waals surface area (Å²) in [7, 11) is -1.50. The van der Waals surface area contributed by atoms with Crippen molar-refractivity contribution in [3.63, 3.8) is 0 Å². The summed E-state index contributed by atoms with van der Waals surface area (Å²) >= 11 is 0. The number of hydrogen-bond acceptors (Lipinski definition) is 6. The lowest BCUT2D eigenvalue weighted by Gasteiger charge is -2.11. The maximum absolute atomic E-state index is 11.2. The molecule has 146 valence electrons. The highest BCUT2D eigenvalue weighted by molar-refractivity contribution is 7.88. The zero-order chi connectivity index (χ0) is 19.4. The fourth-order valence-electron chi connectivity index (χ4n) is 3.18. The quantitative estimate of drug-likeness (QED) is 0.537. The molecule has 0 aliphatic rings. The van der Waals surface area contributed by atoms with E-state index in [2.05, 4.69) is 14.3 Å². The van der Waals surface area contributed by atoms with Crippen LogP contribution in [-0.4, -0.2) is 49.5 Å². The minimum Gasteiger partial charge on any atom is -0.384 e. The Balaban J connectivity index is 1.94. The Morgan fingerprint density at radius 2 is 2.00 bits per heavy atom. The van der Waals surface area contributed by atoms with Crippen molar-refractivity contribution in [3.05, 3.63) is 30.1 Å². The lowest BCUT2D eigenvalue weighted by Crippen LogP contribution is -2.23. The second-order valence-electron chi connectivity index (χ2n) is 6.51. The summed E-state index contributed by atoms with van der Waals surface area (Å²) in [5, 5.41) is 1.01. The van der Waals surface area contributed by atoms with Crippen LogP contribution in [-0.2, 0) is 27.7 Å². The number of nitrogens with two attached hydrogens (primary N) is 1. The Morgan fingerprint density at radius 3 is 2.74 bits per heavy atom. The molecular weight excluding hydrogens is 366 g/mol. The molecule has 0 atom stereocenters. The zero-order valence-corrected chi connectivity index (χ0v) is 16.4. The molecule has 0 spiro atoms. The van der Waals surface area contributed by atoms with Gasteiger partial charge in [-0.05, 0) is 18.9 Å². The molecule has 27 heavy (non-hydrogen) atoms. The van der Waals surface area contributed by atoms with Gasteiger partial charge in [-0.2, -0.15) is 0 Å². The number of benzene rings is 1. The van der Waals surface area contributed by atoms with Gasteiger partial charge < -0.3 is 15.0 Å². The first kappa shape index (κ1) is 19.5. The topological polar surface area (TPSA) is 112 Å². The predicted octanol–water partition coefficient (Wildman–Crippen LogP) is 1.69. The highest BCUT2D eigenvalue weighted by Gasteiger charge is 2.16. The smallest absolute Gasteiger partial charge is 0.208 e. The fraction of sp³-hybridized carbons (Fsp3) is 0.444. The summed E-state index contributed by atoms with van der Waals surface area (Å²) in [6, 6.07) is 7.87. The van der Waals surface area contributed by atoms with E-state index in [1.54, 1.807) is 7.11 Å². The monoisotopic (exact) mass is 391 g/mol. The Bertz CT molecular complexity index is 1050. The maximum atomic E-state index is 11.2. The molecule has 9 heteroatoms. The van der Waals surface area contributed by atoms with Crippen molar-refractivity contribution in [2.75, 3.05) is 32.3 Å². The lowest BCUT2D eigenvalue weighted by molar-refractivity contribution is 0.199. The molecule has 2 heterocycles. The Morgan fingerprint density at radius 1 is 1.22 bits per heavy atom. The van der Waals surface area contributed by atoms with E-state index in [4.69, 9.17) is 15.5 Å². The molecule has 0 fully saturated rings. The number of sulfonamides is 1. The van der Waals surface area contributed by atoms with Gasteiger partial charge in [0.05, 0.1) is 23.9 Å². The molecule has 0 aliphatic carbocycles. The molecule has 0 amide bonds. The summed E-state index contributed by atoms with van der Waals surface area (Å²) < 4.78 is 32.3. The number of nitrogen functional groups attached to an aromatic ring is 1. The average molecular weight is 391 g/mol. The number of rotatable bonds is 9. The van der Waals surface area contributed by atoms with Crippen molar-refractivity contribution in [1.82, 2.24) is 19.3 Å². The normalized spacial score (nSPS) is 12.2. The number of aromatic nitrogens is 3. The van der Waals surface area contributed by atoms with Crippen molar-refractivity contribution in [2.45, 2.75) is 25.8 Å². The largest absolute Gasteiger partial charge is 0.384 e. The number of hydrogen-bond donors (Lipinski definition) is 2. The number of methoxy groups -OCH3 is 1. The maximum Gasteiger partial charge on any atom is 0.208 e. The van der Waals surface area contributed by atoms with E-state index < -0.39 is 10.0 Å². The van der Waals surface area contributed by atoms with Gasteiger partial charge in [-0.25, -0.2) is 23.1 Å². The molecule has 0 saturated heterocycles. The molecule has 3 aromatic rings. The second kappa shape index (κ2) is 8.20. The molecule has 0 radical (unpaired) electrons. The number of fused-ring (bicyclic) bond motifs is 3. The minimum atomic E-state index is -3.16. The van der Waals surface area contributed by atoms with Crippen LogP contribution in [0.1, 0.15) is 18.7 Å². The standard InChI is InChI=1S/C18H25N5O3S/c1-26-12-9-15-22-16-17(13-7-3-4-8-14(13)21-18(16)19)23(15)11-6-5-10-20-27(2,24)25/h3-4,7-8,20H,5-6,9-12H2,1-2H3,(H2,19,21). The highest BCUT2D eigenvalue weighted by Crippen LogP contribution is 2.29. The van der Waals surface area contributed by atoms with Crippen molar-refractivity contribution in [3.8, 4) is 0 Å². The molecule has 3 rings (SSSR count). The van der Waals surface area contributed by atoms with Crippen molar-refractivity contribution < 1.29 is 13.2 Å². The fourth-order valence-corrected chi connectivity index (χ4v) is 3.70. The van der Waals surface area contributed by atoms with Crippen LogP contribution in [0.5, 0.6) is 0 Å². The van der Waals surface area contributed by atoms with E-state index in [1.165, 1.54) is 6.26 Å². The molecule has 0 bridgehead atoms. The van der Waals surface area contributed by atoms with Crippen molar-refractivity contribution in [2.24, 2.45) is 0 Å². The van der Waals surface area contributed by atoms with Crippen LogP contribution in [0, 0.1) is 0 Å². The SMILES string of the molecule is COCCc1nc2c(N)nc3ccccc3c2n1CCCCNS(C)(=O)=O. The van der Waals surface area contributed by atoms with E-state index in [9.17, 15) is 8.42 Å². The zero-order valence-electron chi connectivity index (χ0n) is 15.6. The van der Waals surface area contributed by atoms with Crippen molar-refractivity contribution >= 4 is 37.8 Å². The number of nitrogens with one attached hydrogen (secondary N) is 1. The third-order valence-corrected chi connectivity index (χ3v) is 5.12. The van der Waals surface area contributed by atoms with Crippen LogP contribution in [0.3, 0.4) is 0 Å².